The normalized spacial score (nSPS) is 14.6. The number of ether oxygens (including phenoxy) is 1. The molecule has 0 aliphatic carbocycles. The van der Waals surface area contributed by atoms with Crippen molar-refractivity contribution in [1.82, 2.24) is 14.5 Å². The van der Waals surface area contributed by atoms with Gasteiger partial charge >= 0.3 is 6.18 Å². The first kappa shape index (κ1) is 19.3. The molecule has 0 spiro atoms. The lowest BCUT2D eigenvalue weighted by molar-refractivity contribution is -0.140. The summed E-state index contributed by atoms with van der Waals surface area (Å²) in [6.45, 7) is 5.25. The van der Waals surface area contributed by atoms with Gasteiger partial charge in [0.1, 0.15) is 5.75 Å². The molecule has 27 heavy (non-hydrogen) atoms. The molecule has 1 amide bonds. The van der Waals surface area contributed by atoms with E-state index in [9.17, 15) is 18.0 Å². The van der Waals surface area contributed by atoms with Gasteiger partial charge < -0.3 is 14.2 Å². The number of carbonyl (C=O) groups is 1. The van der Waals surface area contributed by atoms with Crippen molar-refractivity contribution in [2.75, 3.05) is 20.2 Å². The average molecular weight is 381 g/mol. The number of alkyl halides is 3. The fourth-order valence-electron chi connectivity index (χ4n) is 3.16. The van der Waals surface area contributed by atoms with Gasteiger partial charge in [-0.1, -0.05) is 13.8 Å². The molecule has 1 aromatic carbocycles. The predicted octanol–water partition coefficient (Wildman–Crippen LogP) is 4.08. The van der Waals surface area contributed by atoms with Gasteiger partial charge in [-0.2, -0.15) is 13.2 Å². The van der Waals surface area contributed by atoms with Crippen LogP contribution in [0.2, 0.25) is 0 Å². The second-order valence-electron chi connectivity index (χ2n) is 6.99. The molecule has 3 rings (SSSR count). The molecule has 1 aliphatic heterocycles. The molecule has 1 aliphatic rings. The largest absolute Gasteiger partial charge is 0.497 e. The Morgan fingerprint density at radius 1 is 1.19 bits per heavy atom. The summed E-state index contributed by atoms with van der Waals surface area (Å²) in [5.41, 5.74) is -0.746. The van der Waals surface area contributed by atoms with Crippen molar-refractivity contribution in [2.24, 2.45) is 5.92 Å². The highest BCUT2D eigenvalue weighted by molar-refractivity contribution is 5.93. The Hall–Kier alpha value is -2.51. The average Bonchev–Trinajstić information content (AvgIpc) is 3.02. The third kappa shape index (κ3) is 3.79. The van der Waals surface area contributed by atoms with E-state index in [1.54, 1.807) is 29.2 Å². The summed E-state index contributed by atoms with van der Waals surface area (Å²) in [5.74, 6) is 0.344. The number of imidazole rings is 1. The van der Waals surface area contributed by atoms with Gasteiger partial charge in [0.15, 0.2) is 11.5 Å². The van der Waals surface area contributed by atoms with E-state index in [-0.39, 0.29) is 18.1 Å². The summed E-state index contributed by atoms with van der Waals surface area (Å²) in [6.07, 6.45) is -3.85. The van der Waals surface area contributed by atoms with Gasteiger partial charge in [0.25, 0.3) is 5.91 Å². The van der Waals surface area contributed by atoms with E-state index >= 15 is 0 Å². The molecule has 0 saturated carbocycles. The monoisotopic (exact) mass is 381 g/mol. The van der Waals surface area contributed by atoms with E-state index in [0.29, 0.717) is 30.3 Å². The number of halogens is 3. The van der Waals surface area contributed by atoms with Crippen LogP contribution in [-0.4, -0.2) is 40.6 Å². The highest BCUT2D eigenvalue weighted by atomic mass is 19.4. The SMILES string of the molecule is COc1ccc(-c2c(C(F)(F)F)nc3n2CCN(CCC(C)C)C3=O)cc1. The van der Waals surface area contributed by atoms with Crippen LogP contribution in [0, 0.1) is 5.92 Å². The summed E-state index contributed by atoms with van der Waals surface area (Å²) in [6, 6.07) is 6.28. The summed E-state index contributed by atoms with van der Waals surface area (Å²) in [7, 11) is 1.49. The zero-order valence-corrected chi connectivity index (χ0v) is 15.5. The summed E-state index contributed by atoms with van der Waals surface area (Å²) >= 11 is 0. The number of methoxy groups -OCH3 is 1. The quantitative estimate of drug-likeness (QED) is 0.784. The molecular formula is C19H22F3N3O2. The van der Waals surface area contributed by atoms with E-state index in [1.807, 2.05) is 13.8 Å². The van der Waals surface area contributed by atoms with Crippen LogP contribution >= 0.6 is 0 Å². The number of benzene rings is 1. The Morgan fingerprint density at radius 3 is 2.41 bits per heavy atom. The molecule has 2 aromatic rings. The van der Waals surface area contributed by atoms with Crippen LogP contribution < -0.4 is 4.74 Å². The van der Waals surface area contributed by atoms with E-state index in [2.05, 4.69) is 4.98 Å². The van der Waals surface area contributed by atoms with Gasteiger partial charge in [0.05, 0.1) is 12.8 Å². The first-order chi connectivity index (χ1) is 12.7. The second kappa shape index (κ2) is 7.25. The van der Waals surface area contributed by atoms with Crippen LogP contribution in [0.25, 0.3) is 11.3 Å². The van der Waals surface area contributed by atoms with E-state index in [4.69, 9.17) is 4.74 Å². The first-order valence-corrected chi connectivity index (χ1v) is 8.83. The van der Waals surface area contributed by atoms with Crippen molar-refractivity contribution < 1.29 is 22.7 Å². The van der Waals surface area contributed by atoms with Crippen molar-refractivity contribution in [3.05, 3.63) is 35.8 Å². The maximum Gasteiger partial charge on any atom is 0.435 e. The number of nitrogens with zero attached hydrogens (tertiary/aromatic N) is 3. The van der Waals surface area contributed by atoms with Crippen LogP contribution in [-0.2, 0) is 12.7 Å². The smallest absolute Gasteiger partial charge is 0.435 e. The maximum atomic E-state index is 13.6. The molecule has 1 aromatic heterocycles. The molecule has 2 heterocycles. The number of aromatic nitrogens is 2. The van der Waals surface area contributed by atoms with E-state index in [0.717, 1.165) is 6.42 Å². The first-order valence-electron chi connectivity index (χ1n) is 8.83. The standard InChI is InChI=1S/C19H22F3N3O2/c1-12(2)8-9-24-10-11-25-15(13-4-6-14(27-3)7-5-13)16(19(20,21)22)23-17(25)18(24)26/h4-7,12H,8-11H2,1-3H3. The van der Waals surface area contributed by atoms with Crippen LogP contribution in [0.5, 0.6) is 5.75 Å². The Kier molecular flexibility index (Phi) is 5.17. The number of fused-ring (bicyclic) bond motifs is 1. The van der Waals surface area contributed by atoms with Gasteiger partial charge in [-0.25, -0.2) is 4.98 Å². The highest BCUT2D eigenvalue weighted by Crippen LogP contribution is 2.38. The number of carbonyl (C=O) groups excluding carboxylic acids is 1. The lowest BCUT2D eigenvalue weighted by Crippen LogP contribution is -2.41. The summed E-state index contributed by atoms with van der Waals surface area (Å²) in [4.78, 5) is 18.0. The van der Waals surface area contributed by atoms with Gasteiger partial charge in [0.2, 0.25) is 0 Å². The van der Waals surface area contributed by atoms with Crippen LogP contribution in [0.4, 0.5) is 13.2 Å². The van der Waals surface area contributed by atoms with Crippen molar-refractivity contribution in [1.29, 1.82) is 0 Å². The Bertz CT molecular complexity index is 826. The molecule has 0 bridgehead atoms. The van der Waals surface area contributed by atoms with Crippen LogP contribution in [0.15, 0.2) is 24.3 Å². The van der Waals surface area contributed by atoms with Crippen molar-refractivity contribution in [3.8, 4) is 17.0 Å². The van der Waals surface area contributed by atoms with Gasteiger partial charge in [-0.3, -0.25) is 4.79 Å². The Labute approximate surface area is 155 Å². The van der Waals surface area contributed by atoms with E-state index < -0.39 is 17.8 Å². The van der Waals surface area contributed by atoms with Gasteiger partial charge in [0, 0.05) is 25.2 Å². The Balaban J connectivity index is 2.04. The molecule has 0 unspecified atom stereocenters. The molecule has 5 nitrogen and oxygen atoms in total. The minimum atomic E-state index is -4.65. The number of amides is 1. The molecule has 8 heteroatoms. The Morgan fingerprint density at radius 2 is 1.85 bits per heavy atom. The summed E-state index contributed by atoms with van der Waals surface area (Å²) < 4.78 is 47.3. The van der Waals surface area contributed by atoms with Crippen molar-refractivity contribution >= 4 is 5.91 Å². The molecule has 0 N–H and O–H groups in total. The predicted molar refractivity (Wildman–Crippen MR) is 94.6 cm³/mol. The van der Waals surface area contributed by atoms with Crippen LogP contribution in [0.3, 0.4) is 0 Å². The highest BCUT2D eigenvalue weighted by Gasteiger charge is 2.42. The fraction of sp³-hybridized carbons (Fsp3) is 0.474. The molecular weight excluding hydrogens is 359 g/mol. The molecule has 0 radical (unpaired) electrons. The second-order valence-corrected chi connectivity index (χ2v) is 6.99. The zero-order chi connectivity index (χ0) is 19.8. The van der Waals surface area contributed by atoms with Crippen molar-refractivity contribution in [2.45, 2.75) is 33.0 Å². The lowest BCUT2D eigenvalue weighted by atomic mass is 10.1. The fourth-order valence-corrected chi connectivity index (χ4v) is 3.16. The number of rotatable bonds is 5. The minimum Gasteiger partial charge on any atom is -0.497 e. The van der Waals surface area contributed by atoms with Crippen LogP contribution in [0.1, 0.15) is 36.6 Å². The van der Waals surface area contributed by atoms with E-state index in [1.165, 1.54) is 11.7 Å². The maximum absolute atomic E-state index is 13.6. The molecule has 146 valence electrons. The molecule has 0 fully saturated rings. The molecule has 0 atom stereocenters. The lowest BCUT2D eigenvalue weighted by Gasteiger charge is -2.28. The van der Waals surface area contributed by atoms with Gasteiger partial charge in [-0.05, 0) is 36.6 Å². The number of hydrogen-bond acceptors (Lipinski definition) is 3. The third-order valence-electron chi connectivity index (χ3n) is 4.65. The minimum absolute atomic E-state index is 0.0722. The third-order valence-corrected chi connectivity index (χ3v) is 4.65. The zero-order valence-electron chi connectivity index (χ0n) is 15.5. The molecule has 0 saturated heterocycles. The van der Waals surface area contributed by atoms with Gasteiger partial charge in [-0.15, -0.1) is 0 Å². The number of hydrogen-bond donors (Lipinski definition) is 0. The summed E-state index contributed by atoms with van der Waals surface area (Å²) in [5, 5.41) is 0. The topological polar surface area (TPSA) is 47.4 Å². The van der Waals surface area contributed by atoms with Crippen molar-refractivity contribution in [3.63, 3.8) is 0 Å².